The fourth-order valence-corrected chi connectivity index (χ4v) is 3.61. The van der Waals surface area contributed by atoms with Crippen LogP contribution in [0.5, 0.6) is 5.75 Å². The summed E-state index contributed by atoms with van der Waals surface area (Å²) in [5.41, 5.74) is 1.75. The minimum atomic E-state index is -0.371. The first-order valence-corrected chi connectivity index (χ1v) is 9.78. The smallest absolute Gasteiger partial charge is 0.291 e. The van der Waals surface area contributed by atoms with E-state index in [2.05, 4.69) is 12.2 Å². The van der Waals surface area contributed by atoms with E-state index in [4.69, 9.17) is 16.3 Å². The molecule has 0 spiro atoms. The first kappa shape index (κ1) is 18.6. The number of amides is 2. The van der Waals surface area contributed by atoms with Crippen LogP contribution < -0.4 is 10.1 Å². The van der Waals surface area contributed by atoms with Gasteiger partial charge in [0.15, 0.2) is 11.5 Å². The Morgan fingerprint density at radius 1 is 1.21 bits per heavy atom. The van der Waals surface area contributed by atoms with Crippen molar-refractivity contribution in [1.29, 1.82) is 0 Å². The number of halogens is 1. The van der Waals surface area contributed by atoms with Crippen molar-refractivity contribution >= 4 is 35.2 Å². The van der Waals surface area contributed by atoms with E-state index >= 15 is 0 Å². The fraction of sp³-hybridized carbons (Fsp3) is 0.273. The summed E-state index contributed by atoms with van der Waals surface area (Å²) in [4.78, 5) is 27.1. The van der Waals surface area contributed by atoms with Crippen molar-refractivity contribution < 1.29 is 14.3 Å². The molecule has 0 aromatic heterocycles. The highest BCUT2D eigenvalue weighted by molar-refractivity contribution is 6.32. The second-order valence-corrected chi connectivity index (χ2v) is 7.68. The Labute approximate surface area is 168 Å². The van der Waals surface area contributed by atoms with E-state index in [1.807, 2.05) is 23.1 Å². The summed E-state index contributed by atoms with van der Waals surface area (Å²) in [5, 5.41) is 3.34. The quantitative estimate of drug-likeness (QED) is 0.755. The number of benzene rings is 2. The molecule has 5 nitrogen and oxygen atoms in total. The van der Waals surface area contributed by atoms with Crippen LogP contribution in [-0.2, 0) is 4.79 Å². The van der Waals surface area contributed by atoms with Gasteiger partial charge in [0, 0.05) is 23.7 Å². The molecule has 1 saturated heterocycles. The minimum absolute atomic E-state index is 0.0126. The predicted octanol–water partition coefficient (Wildman–Crippen LogP) is 4.58. The van der Waals surface area contributed by atoms with Crippen LogP contribution in [-0.4, -0.2) is 29.8 Å². The average molecular weight is 397 g/mol. The summed E-state index contributed by atoms with van der Waals surface area (Å²) >= 11 is 6.16. The molecule has 2 amide bonds. The van der Waals surface area contributed by atoms with Crippen molar-refractivity contribution in [2.75, 3.05) is 18.4 Å². The monoisotopic (exact) mass is 396 g/mol. The van der Waals surface area contributed by atoms with Crippen LogP contribution in [0.15, 0.2) is 48.2 Å². The van der Waals surface area contributed by atoms with Gasteiger partial charge in [-0.1, -0.05) is 36.7 Å². The van der Waals surface area contributed by atoms with Crippen LogP contribution in [0, 0.1) is 5.92 Å². The highest BCUT2D eigenvalue weighted by atomic mass is 35.5. The summed E-state index contributed by atoms with van der Waals surface area (Å²) in [6.45, 7) is 3.75. The first-order valence-electron chi connectivity index (χ1n) is 9.40. The zero-order chi connectivity index (χ0) is 19.7. The Bertz CT molecular complexity index is 962. The van der Waals surface area contributed by atoms with Gasteiger partial charge in [-0.05, 0) is 54.7 Å². The normalized spacial score (nSPS) is 18.4. The van der Waals surface area contributed by atoms with Crippen molar-refractivity contribution in [2.45, 2.75) is 19.8 Å². The molecular formula is C22H21ClN2O3. The molecule has 0 aliphatic carbocycles. The predicted molar refractivity (Wildman–Crippen MR) is 109 cm³/mol. The maximum Gasteiger partial charge on any atom is 0.291 e. The molecule has 144 valence electrons. The molecule has 0 radical (unpaired) electrons. The molecule has 28 heavy (non-hydrogen) atoms. The summed E-state index contributed by atoms with van der Waals surface area (Å²) in [6.07, 6.45) is 3.65. The summed E-state index contributed by atoms with van der Waals surface area (Å²) in [5.74, 6) is 0.931. The molecule has 0 unspecified atom stereocenters. The molecule has 0 saturated carbocycles. The Balaban J connectivity index is 1.55. The first-order chi connectivity index (χ1) is 13.5. The Morgan fingerprint density at radius 3 is 2.71 bits per heavy atom. The van der Waals surface area contributed by atoms with Crippen molar-refractivity contribution in [3.05, 3.63) is 64.4 Å². The summed E-state index contributed by atoms with van der Waals surface area (Å²) < 4.78 is 5.76. The molecular weight excluding hydrogens is 376 g/mol. The van der Waals surface area contributed by atoms with Crippen molar-refractivity contribution in [3.8, 4) is 5.75 Å². The fourth-order valence-electron chi connectivity index (χ4n) is 3.42. The van der Waals surface area contributed by atoms with Crippen LogP contribution in [0.2, 0.25) is 5.02 Å². The lowest BCUT2D eigenvalue weighted by Crippen LogP contribution is -2.38. The number of carbonyl (C=O) groups is 2. The molecule has 2 aliphatic heterocycles. The number of likely N-dealkylation sites (tertiary alicyclic amines) is 1. The van der Waals surface area contributed by atoms with Gasteiger partial charge >= 0.3 is 0 Å². The Hall–Kier alpha value is -2.79. The molecule has 2 aromatic rings. The van der Waals surface area contributed by atoms with E-state index in [1.54, 1.807) is 30.3 Å². The summed E-state index contributed by atoms with van der Waals surface area (Å²) in [6, 6.07) is 12.4. The topological polar surface area (TPSA) is 58.6 Å². The lowest BCUT2D eigenvalue weighted by molar-refractivity contribution is -0.115. The lowest BCUT2D eigenvalue weighted by atomic mass is 9.98. The van der Waals surface area contributed by atoms with Gasteiger partial charge in [-0.3, -0.25) is 9.59 Å². The number of hydrogen-bond acceptors (Lipinski definition) is 3. The second kappa shape index (κ2) is 7.68. The average Bonchev–Trinajstić information content (AvgIpc) is 2.70. The maximum atomic E-state index is 12.8. The molecule has 1 fully saturated rings. The number of carbonyl (C=O) groups excluding carboxylic acids is 2. The van der Waals surface area contributed by atoms with Crippen LogP contribution >= 0.6 is 11.6 Å². The van der Waals surface area contributed by atoms with E-state index in [0.29, 0.717) is 33.5 Å². The van der Waals surface area contributed by atoms with Crippen LogP contribution in [0.1, 0.15) is 35.7 Å². The van der Waals surface area contributed by atoms with Crippen LogP contribution in [0.4, 0.5) is 5.69 Å². The van der Waals surface area contributed by atoms with Gasteiger partial charge in [0.25, 0.3) is 11.8 Å². The number of hydrogen-bond donors (Lipinski definition) is 1. The number of nitrogens with zero attached hydrogens (tertiary/aromatic N) is 1. The lowest BCUT2D eigenvalue weighted by Gasteiger charge is -2.30. The van der Waals surface area contributed by atoms with Gasteiger partial charge in [0.05, 0.1) is 5.69 Å². The third-order valence-corrected chi connectivity index (χ3v) is 5.53. The summed E-state index contributed by atoms with van der Waals surface area (Å²) in [7, 11) is 0. The third-order valence-electron chi connectivity index (χ3n) is 5.18. The highest BCUT2D eigenvalue weighted by Gasteiger charge is 2.26. The van der Waals surface area contributed by atoms with Crippen LogP contribution in [0.25, 0.3) is 6.08 Å². The van der Waals surface area contributed by atoms with Gasteiger partial charge in [-0.15, -0.1) is 0 Å². The Kier molecular flexibility index (Phi) is 5.09. The second-order valence-electron chi connectivity index (χ2n) is 7.27. The standard InChI is InChI=1S/C22H21ClN2O3/c1-14-8-10-25(11-9-14)22(27)16-6-7-19-18(12-16)24-21(26)20(28-19)13-15-4-2-3-5-17(15)23/h2-7,12-14H,8-11H2,1H3,(H,24,26). The molecule has 2 aliphatic rings. The van der Waals surface area contributed by atoms with Crippen molar-refractivity contribution in [1.82, 2.24) is 4.90 Å². The van der Waals surface area contributed by atoms with Gasteiger partial charge in [-0.2, -0.15) is 0 Å². The van der Waals surface area contributed by atoms with Gasteiger partial charge < -0.3 is 15.0 Å². The third kappa shape index (κ3) is 3.76. The van der Waals surface area contributed by atoms with E-state index in [0.717, 1.165) is 25.9 Å². The maximum absolute atomic E-state index is 12.8. The van der Waals surface area contributed by atoms with Gasteiger partial charge in [0.1, 0.15) is 0 Å². The molecule has 1 N–H and O–H groups in total. The molecule has 0 bridgehead atoms. The zero-order valence-corrected chi connectivity index (χ0v) is 16.3. The SMILES string of the molecule is CC1CCN(C(=O)c2ccc3c(c2)NC(=O)C(=Cc2ccccc2Cl)O3)CC1. The van der Waals surface area contributed by atoms with E-state index in [1.165, 1.54) is 0 Å². The number of rotatable bonds is 2. The van der Waals surface area contributed by atoms with Gasteiger partial charge in [0.2, 0.25) is 0 Å². The van der Waals surface area contributed by atoms with E-state index in [-0.39, 0.29) is 17.6 Å². The Morgan fingerprint density at radius 2 is 1.96 bits per heavy atom. The van der Waals surface area contributed by atoms with Gasteiger partial charge in [-0.25, -0.2) is 0 Å². The van der Waals surface area contributed by atoms with Crippen molar-refractivity contribution in [3.63, 3.8) is 0 Å². The molecule has 0 atom stereocenters. The van der Waals surface area contributed by atoms with E-state index < -0.39 is 0 Å². The number of ether oxygens (including phenoxy) is 1. The number of anilines is 1. The number of nitrogens with one attached hydrogen (secondary N) is 1. The number of fused-ring (bicyclic) bond motifs is 1. The largest absolute Gasteiger partial charge is 0.449 e. The molecule has 2 aromatic carbocycles. The molecule has 6 heteroatoms. The zero-order valence-electron chi connectivity index (χ0n) is 15.6. The highest BCUT2D eigenvalue weighted by Crippen LogP contribution is 2.33. The molecule has 2 heterocycles. The molecule has 4 rings (SSSR count). The minimum Gasteiger partial charge on any atom is -0.449 e. The van der Waals surface area contributed by atoms with Crippen LogP contribution in [0.3, 0.4) is 0 Å². The number of piperidine rings is 1. The van der Waals surface area contributed by atoms with E-state index in [9.17, 15) is 9.59 Å². The van der Waals surface area contributed by atoms with Crippen molar-refractivity contribution in [2.24, 2.45) is 5.92 Å².